The Balaban J connectivity index is 1.51. The van der Waals surface area contributed by atoms with Crippen molar-refractivity contribution < 1.29 is 22.7 Å². The van der Waals surface area contributed by atoms with Gasteiger partial charge in [0.05, 0.1) is 36.5 Å². The second-order valence-corrected chi connectivity index (χ2v) is 8.44. The van der Waals surface area contributed by atoms with E-state index in [9.17, 15) is 18.0 Å². The minimum absolute atomic E-state index is 0.101. The predicted molar refractivity (Wildman–Crippen MR) is 136 cm³/mol. The fourth-order valence-electron chi connectivity index (χ4n) is 4.17. The number of fused-ring (bicyclic) bond motifs is 1. The molecule has 0 aliphatic carbocycles. The zero-order valence-electron chi connectivity index (χ0n) is 19.9. The first-order valence-electron chi connectivity index (χ1n) is 11.3. The van der Waals surface area contributed by atoms with Crippen LogP contribution < -0.4 is 15.0 Å². The number of amidine groups is 1. The summed E-state index contributed by atoms with van der Waals surface area (Å²) in [6.45, 7) is 1.86. The fourth-order valence-corrected chi connectivity index (χ4v) is 4.17. The molecule has 3 aromatic carbocycles. The van der Waals surface area contributed by atoms with Crippen molar-refractivity contribution >= 4 is 34.0 Å². The molecule has 0 atom stereocenters. The molecule has 0 unspecified atom stereocenters. The molecule has 0 fully saturated rings. The van der Waals surface area contributed by atoms with Crippen LogP contribution in [0.2, 0.25) is 0 Å². The topological polar surface area (TPSA) is 82.6 Å². The standard InChI is InChI=1S/C27H22F3N5O2/c1-16-23(26(36)33-20-7-12-24-18(13-20)14-32-34-24)15-31-25(17-3-10-22(37-2)11-4-17)35(16)21-8-5-19(6-9-21)27(28,29)30/h3-14H,15H2,1-2H3,(H,32,34)(H,33,36). The molecule has 7 nitrogen and oxygen atoms in total. The minimum atomic E-state index is -4.46. The Hall–Kier alpha value is -4.60. The number of rotatable bonds is 5. The minimum Gasteiger partial charge on any atom is -0.497 e. The van der Waals surface area contributed by atoms with E-state index in [2.05, 4.69) is 20.5 Å². The summed E-state index contributed by atoms with van der Waals surface area (Å²) in [4.78, 5) is 19.6. The van der Waals surface area contributed by atoms with E-state index < -0.39 is 11.7 Å². The number of carbonyl (C=O) groups is 1. The number of amides is 1. The zero-order chi connectivity index (χ0) is 26.2. The highest BCUT2D eigenvalue weighted by Gasteiger charge is 2.32. The van der Waals surface area contributed by atoms with Gasteiger partial charge in [0.1, 0.15) is 11.6 Å². The SMILES string of the molecule is COc1ccc(C2=NCC(C(=O)Nc3ccc4[nH]ncc4c3)=C(C)N2c2ccc(C(F)(F)F)cc2)cc1. The number of anilines is 2. The summed E-state index contributed by atoms with van der Waals surface area (Å²) in [7, 11) is 1.56. The number of hydrogen-bond acceptors (Lipinski definition) is 5. The van der Waals surface area contributed by atoms with Crippen LogP contribution in [0.1, 0.15) is 18.1 Å². The molecule has 0 saturated heterocycles. The van der Waals surface area contributed by atoms with Crippen molar-refractivity contribution in [2.45, 2.75) is 13.1 Å². The van der Waals surface area contributed by atoms with E-state index in [1.165, 1.54) is 12.1 Å². The molecule has 4 aromatic rings. The van der Waals surface area contributed by atoms with Gasteiger partial charge in [-0.3, -0.25) is 19.8 Å². The maximum Gasteiger partial charge on any atom is 0.416 e. The van der Waals surface area contributed by atoms with Crippen LogP contribution in [0, 0.1) is 0 Å². The smallest absolute Gasteiger partial charge is 0.416 e. The van der Waals surface area contributed by atoms with Gasteiger partial charge in [-0.15, -0.1) is 0 Å². The van der Waals surface area contributed by atoms with Crippen LogP contribution in [0.15, 0.2) is 89.2 Å². The lowest BCUT2D eigenvalue weighted by molar-refractivity contribution is -0.137. The van der Waals surface area contributed by atoms with Crippen LogP contribution in [0.25, 0.3) is 10.9 Å². The monoisotopic (exact) mass is 505 g/mol. The molecule has 0 saturated carbocycles. The first-order valence-corrected chi connectivity index (χ1v) is 11.3. The highest BCUT2D eigenvalue weighted by molar-refractivity contribution is 6.16. The van der Waals surface area contributed by atoms with E-state index in [4.69, 9.17) is 4.74 Å². The molecule has 1 amide bonds. The van der Waals surface area contributed by atoms with Gasteiger partial charge in [0.15, 0.2) is 0 Å². The number of methoxy groups -OCH3 is 1. The lowest BCUT2D eigenvalue weighted by Crippen LogP contribution is -2.37. The zero-order valence-corrected chi connectivity index (χ0v) is 19.9. The Labute approximate surface area is 210 Å². The number of H-pyrrole nitrogens is 1. The normalized spacial score (nSPS) is 14.1. The number of alkyl halides is 3. The molecule has 2 heterocycles. The van der Waals surface area contributed by atoms with Crippen LogP contribution >= 0.6 is 0 Å². The summed E-state index contributed by atoms with van der Waals surface area (Å²) < 4.78 is 44.8. The van der Waals surface area contributed by atoms with Gasteiger partial charge in [-0.05, 0) is 73.7 Å². The summed E-state index contributed by atoms with van der Waals surface area (Å²) in [5.74, 6) is 0.814. The fraction of sp³-hybridized carbons (Fsp3) is 0.148. The third-order valence-electron chi connectivity index (χ3n) is 6.14. The highest BCUT2D eigenvalue weighted by atomic mass is 19.4. The maximum atomic E-state index is 13.3. The van der Waals surface area contributed by atoms with E-state index >= 15 is 0 Å². The Morgan fingerprint density at radius 2 is 1.78 bits per heavy atom. The summed E-state index contributed by atoms with van der Waals surface area (Å²) in [5.41, 5.74) is 2.80. The average molecular weight is 506 g/mol. The van der Waals surface area contributed by atoms with Gasteiger partial charge in [-0.25, -0.2) is 0 Å². The van der Waals surface area contributed by atoms with Crippen molar-refractivity contribution in [3.05, 3.63) is 95.3 Å². The molecular formula is C27H22F3N5O2. The largest absolute Gasteiger partial charge is 0.497 e. The first-order chi connectivity index (χ1) is 17.7. The van der Waals surface area contributed by atoms with E-state index in [0.717, 1.165) is 28.6 Å². The van der Waals surface area contributed by atoms with Crippen molar-refractivity contribution in [2.24, 2.45) is 4.99 Å². The lowest BCUT2D eigenvalue weighted by atomic mass is 10.0. The molecule has 1 aromatic heterocycles. The second kappa shape index (κ2) is 9.45. The van der Waals surface area contributed by atoms with Gasteiger partial charge in [-0.2, -0.15) is 18.3 Å². The predicted octanol–water partition coefficient (Wildman–Crippen LogP) is 5.77. The number of nitrogens with one attached hydrogen (secondary N) is 2. The van der Waals surface area contributed by atoms with Gasteiger partial charge in [0.2, 0.25) is 0 Å². The summed E-state index contributed by atoms with van der Waals surface area (Å²) in [6, 6.07) is 17.3. The molecule has 5 rings (SSSR count). The van der Waals surface area contributed by atoms with Crippen LogP contribution in [0.5, 0.6) is 5.75 Å². The van der Waals surface area contributed by atoms with Crippen molar-refractivity contribution in [3.63, 3.8) is 0 Å². The van der Waals surface area contributed by atoms with Gasteiger partial charge in [-0.1, -0.05) is 0 Å². The third kappa shape index (κ3) is 4.77. The van der Waals surface area contributed by atoms with Crippen molar-refractivity contribution in [1.29, 1.82) is 0 Å². The van der Waals surface area contributed by atoms with Gasteiger partial charge in [0, 0.05) is 28.0 Å². The average Bonchev–Trinajstić information content (AvgIpc) is 3.36. The first kappa shape index (κ1) is 24.1. The number of benzene rings is 3. The second-order valence-electron chi connectivity index (χ2n) is 8.44. The molecule has 0 radical (unpaired) electrons. The number of hydrogen-bond donors (Lipinski definition) is 2. The Kier molecular flexibility index (Phi) is 6.16. The number of allylic oxidation sites excluding steroid dienone is 1. The van der Waals surface area contributed by atoms with Crippen LogP contribution in [-0.2, 0) is 11.0 Å². The molecule has 37 heavy (non-hydrogen) atoms. The summed E-state index contributed by atoms with van der Waals surface area (Å²) in [5, 5.41) is 10.6. The van der Waals surface area contributed by atoms with Crippen molar-refractivity contribution in [3.8, 4) is 5.75 Å². The van der Waals surface area contributed by atoms with E-state index in [-0.39, 0.29) is 12.5 Å². The summed E-state index contributed by atoms with van der Waals surface area (Å²) in [6.07, 6.45) is -2.80. The number of aromatic amines is 1. The van der Waals surface area contributed by atoms with E-state index in [0.29, 0.717) is 34.2 Å². The number of aliphatic imine (C=N–C) groups is 1. The van der Waals surface area contributed by atoms with Gasteiger partial charge in [0.25, 0.3) is 5.91 Å². The number of ether oxygens (including phenoxy) is 1. The molecule has 188 valence electrons. The van der Waals surface area contributed by atoms with Crippen LogP contribution in [0.4, 0.5) is 24.5 Å². The Morgan fingerprint density at radius 1 is 1.05 bits per heavy atom. The van der Waals surface area contributed by atoms with Crippen LogP contribution in [-0.4, -0.2) is 35.6 Å². The Morgan fingerprint density at radius 3 is 2.46 bits per heavy atom. The molecular weight excluding hydrogens is 483 g/mol. The number of aromatic nitrogens is 2. The molecule has 1 aliphatic rings. The molecule has 2 N–H and O–H groups in total. The molecule has 0 spiro atoms. The van der Waals surface area contributed by atoms with Gasteiger partial charge >= 0.3 is 6.18 Å². The maximum absolute atomic E-state index is 13.3. The van der Waals surface area contributed by atoms with Crippen molar-refractivity contribution in [1.82, 2.24) is 10.2 Å². The van der Waals surface area contributed by atoms with E-state index in [1.54, 1.807) is 49.4 Å². The number of nitrogens with zero attached hydrogens (tertiary/aromatic N) is 3. The summed E-state index contributed by atoms with van der Waals surface area (Å²) >= 11 is 0. The Bertz CT molecular complexity index is 1520. The lowest BCUT2D eigenvalue weighted by Gasteiger charge is -2.32. The van der Waals surface area contributed by atoms with E-state index in [1.807, 2.05) is 18.2 Å². The van der Waals surface area contributed by atoms with Gasteiger partial charge < -0.3 is 10.1 Å². The molecule has 10 heteroatoms. The number of carbonyl (C=O) groups excluding carboxylic acids is 1. The molecule has 1 aliphatic heterocycles. The van der Waals surface area contributed by atoms with Crippen LogP contribution in [0.3, 0.4) is 0 Å². The number of halogens is 3. The third-order valence-corrected chi connectivity index (χ3v) is 6.14. The molecule has 0 bridgehead atoms. The highest BCUT2D eigenvalue weighted by Crippen LogP contribution is 2.33. The quantitative estimate of drug-likeness (QED) is 0.361. The van der Waals surface area contributed by atoms with Crippen molar-refractivity contribution in [2.75, 3.05) is 23.9 Å².